The predicted molar refractivity (Wildman–Crippen MR) is 93.5 cm³/mol. The van der Waals surface area contributed by atoms with Crippen molar-refractivity contribution in [3.8, 4) is 0 Å². The second-order valence-electron chi connectivity index (χ2n) is 4.54. The number of fused-ring (bicyclic) bond motifs is 1. The molecular formula is C15H12Br2N2S. The lowest BCUT2D eigenvalue weighted by molar-refractivity contribution is 0.878. The van der Waals surface area contributed by atoms with Gasteiger partial charge < -0.3 is 5.32 Å². The Kier molecular flexibility index (Phi) is 4.10. The van der Waals surface area contributed by atoms with Crippen molar-refractivity contribution in [2.24, 2.45) is 0 Å². The third-order valence-electron chi connectivity index (χ3n) is 3.15. The van der Waals surface area contributed by atoms with E-state index < -0.39 is 0 Å². The van der Waals surface area contributed by atoms with E-state index in [-0.39, 0.29) is 6.04 Å². The van der Waals surface area contributed by atoms with Gasteiger partial charge in [-0.3, -0.25) is 4.98 Å². The van der Waals surface area contributed by atoms with Crippen LogP contribution < -0.4 is 5.32 Å². The Labute approximate surface area is 138 Å². The number of halogens is 2. The number of hydrogen-bond acceptors (Lipinski definition) is 3. The Balaban J connectivity index is 1.90. The molecule has 1 N–H and O–H groups in total. The van der Waals surface area contributed by atoms with E-state index in [1.54, 1.807) is 11.3 Å². The Morgan fingerprint density at radius 3 is 2.70 bits per heavy atom. The van der Waals surface area contributed by atoms with Crippen LogP contribution in [-0.2, 0) is 0 Å². The lowest BCUT2D eigenvalue weighted by Crippen LogP contribution is -2.07. The van der Waals surface area contributed by atoms with Gasteiger partial charge >= 0.3 is 0 Å². The van der Waals surface area contributed by atoms with Crippen molar-refractivity contribution >= 4 is 59.1 Å². The van der Waals surface area contributed by atoms with Gasteiger partial charge in [-0.05, 0) is 74.0 Å². The van der Waals surface area contributed by atoms with Crippen LogP contribution in [0.1, 0.15) is 18.5 Å². The Bertz CT molecular complexity index is 734. The molecule has 1 aromatic carbocycles. The van der Waals surface area contributed by atoms with E-state index in [1.165, 1.54) is 10.3 Å². The molecular weight excluding hydrogens is 400 g/mol. The summed E-state index contributed by atoms with van der Waals surface area (Å²) in [5.41, 5.74) is 3.31. The molecule has 0 saturated carbocycles. The number of anilines is 1. The first-order valence-corrected chi connectivity index (χ1v) is 8.65. The minimum Gasteiger partial charge on any atom is -0.377 e. The van der Waals surface area contributed by atoms with Gasteiger partial charge in [-0.15, -0.1) is 11.3 Å². The summed E-state index contributed by atoms with van der Waals surface area (Å²) in [6, 6.07) is 10.5. The molecule has 1 atom stereocenters. The maximum Gasteiger partial charge on any atom is 0.0809 e. The first kappa shape index (κ1) is 14.0. The molecule has 5 heteroatoms. The van der Waals surface area contributed by atoms with Gasteiger partial charge in [0.15, 0.2) is 0 Å². The van der Waals surface area contributed by atoms with Crippen molar-refractivity contribution in [1.29, 1.82) is 0 Å². The molecule has 2 aromatic heterocycles. The van der Waals surface area contributed by atoms with Gasteiger partial charge in [-0.1, -0.05) is 6.07 Å². The maximum atomic E-state index is 4.50. The Hall–Kier alpha value is -0.910. The zero-order valence-corrected chi connectivity index (χ0v) is 14.7. The number of pyridine rings is 1. The zero-order chi connectivity index (χ0) is 14.1. The fourth-order valence-corrected chi connectivity index (χ4v) is 4.05. The van der Waals surface area contributed by atoms with Crippen LogP contribution in [-0.4, -0.2) is 4.98 Å². The molecule has 2 nitrogen and oxygen atoms in total. The molecule has 3 rings (SSSR count). The van der Waals surface area contributed by atoms with Crippen LogP contribution in [0.15, 0.2) is 50.9 Å². The standard InChI is InChI=1S/C15H12Br2N2S/c1-9(19-15-11(16)3-2-4-12(15)17)10-7-14-13(18-8-10)5-6-20-14/h2-9,19H,1H3. The summed E-state index contributed by atoms with van der Waals surface area (Å²) in [6.07, 6.45) is 1.94. The van der Waals surface area contributed by atoms with E-state index in [4.69, 9.17) is 0 Å². The fraction of sp³-hybridized carbons (Fsp3) is 0.133. The number of thiophene rings is 1. The summed E-state index contributed by atoms with van der Waals surface area (Å²) in [4.78, 5) is 4.50. The zero-order valence-electron chi connectivity index (χ0n) is 10.7. The van der Waals surface area contributed by atoms with Gasteiger partial charge in [-0.25, -0.2) is 0 Å². The molecule has 102 valence electrons. The maximum absolute atomic E-state index is 4.50. The second-order valence-corrected chi connectivity index (χ2v) is 7.19. The number of aromatic nitrogens is 1. The summed E-state index contributed by atoms with van der Waals surface area (Å²) >= 11 is 8.87. The van der Waals surface area contributed by atoms with Gasteiger partial charge in [0.25, 0.3) is 0 Å². The number of benzene rings is 1. The Morgan fingerprint density at radius 1 is 1.20 bits per heavy atom. The lowest BCUT2D eigenvalue weighted by atomic mass is 10.1. The van der Waals surface area contributed by atoms with E-state index in [2.05, 4.69) is 60.5 Å². The van der Waals surface area contributed by atoms with Crippen molar-refractivity contribution in [3.63, 3.8) is 0 Å². The molecule has 0 amide bonds. The van der Waals surface area contributed by atoms with Crippen LogP contribution in [0.25, 0.3) is 10.2 Å². The van der Waals surface area contributed by atoms with E-state index in [9.17, 15) is 0 Å². The van der Waals surface area contributed by atoms with Gasteiger partial charge in [-0.2, -0.15) is 0 Å². The summed E-state index contributed by atoms with van der Waals surface area (Å²) < 4.78 is 3.31. The summed E-state index contributed by atoms with van der Waals surface area (Å²) in [5, 5.41) is 5.60. The molecule has 3 aromatic rings. The molecule has 0 aliphatic heterocycles. The molecule has 0 saturated heterocycles. The van der Waals surface area contributed by atoms with E-state index in [0.29, 0.717) is 0 Å². The lowest BCUT2D eigenvalue weighted by Gasteiger charge is -2.18. The molecule has 0 bridgehead atoms. The smallest absolute Gasteiger partial charge is 0.0809 e. The predicted octanol–water partition coefficient (Wildman–Crippen LogP) is 5.99. The van der Waals surface area contributed by atoms with Crippen molar-refractivity contribution in [3.05, 3.63) is 56.4 Å². The molecule has 20 heavy (non-hydrogen) atoms. The highest BCUT2D eigenvalue weighted by Crippen LogP contribution is 2.33. The number of nitrogens with one attached hydrogen (secondary N) is 1. The van der Waals surface area contributed by atoms with Crippen LogP contribution >= 0.6 is 43.2 Å². The van der Waals surface area contributed by atoms with Crippen LogP contribution in [0.2, 0.25) is 0 Å². The largest absolute Gasteiger partial charge is 0.377 e. The van der Waals surface area contributed by atoms with Crippen molar-refractivity contribution in [2.45, 2.75) is 13.0 Å². The van der Waals surface area contributed by atoms with Gasteiger partial charge in [0.1, 0.15) is 0 Å². The van der Waals surface area contributed by atoms with Crippen LogP contribution in [0.5, 0.6) is 0 Å². The third kappa shape index (κ3) is 2.75. The molecule has 0 aliphatic rings. The first-order valence-electron chi connectivity index (χ1n) is 6.19. The number of nitrogens with zero attached hydrogens (tertiary/aromatic N) is 1. The highest BCUT2D eigenvalue weighted by Gasteiger charge is 2.11. The molecule has 2 heterocycles. The van der Waals surface area contributed by atoms with Gasteiger partial charge in [0.05, 0.1) is 21.9 Å². The third-order valence-corrected chi connectivity index (χ3v) is 5.32. The van der Waals surface area contributed by atoms with Crippen LogP contribution in [0.4, 0.5) is 5.69 Å². The van der Waals surface area contributed by atoms with Crippen molar-refractivity contribution < 1.29 is 0 Å². The normalized spacial score (nSPS) is 12.6. The quantitative estimate of drug-likeness (QED) is 0.572. The van der Waals surface area contributed by atoms with Gasteiger partial charge in [0.2, 0.25) is 0 Å². The van der Waals surface area contributed by atoms with E-state index >= 15 is 0 Å². The topological polar surface area (TPSA) is 24.9 Å². The minimum atomic E-state index is 0.184. The molecule has 0 radical (unpaired) electrons. The molecule has 1 unspecified atom stereocenters. The number of rotatable bonds is 3. The SMILES string of the molecule is CC(Nc1c(Br)cccc1Br)c1cnc2ccsc2c1. The summed E-state index contributed by atoms with van der Waals surface area (Å²) in [5.74, 6) is 0. The first-order chi connectivity index (χ1) is 9.65. The van der Waals surface area contributed by atoms with Gasteiger partial charge in [0, 0.05) is 15.1 Å². The van der Waals surface area contributed by atoms with Crippen LogP contribution in [0.3, 0.4) is 0 Å². The van der Waals surface area contributed by atoms with Crippen LogP contribution in [0, 0.1) is 0 Å². The molecule has 0 spiro atoms. The fourth-order valence-electron chi connectivity index (χ4n) is 2.03. The number of hydrogen-bond donors (Lipinski definition) is 1. The highest BCUT2D eigenvalue weighted by molar-refractivity contribution is 9.11. The van der Waals surface area contributed by atoms with E-state index in [0.717, 1.165) is 20.1 Å². The second kappa shape index (κ2) is 5.84. The summed E-state index contributed by atoms with van der Waals surface area (Å²) in [7, 11) is 0. The average Bonchev–Trinajstić information content (AvgIpc) is 2.90. The average molecular weight is 412 g/mol. The summed E-state index contributed by atoms with van der Waals surface area (Å²) in [6.45, 7) is 2.14. The number of para-hydroxylation sites is 1. The van der Waals surface area contributed by atoms with E-state index in [1.807, 2.05) is 30.5 Å². The molecule has 0 fully saturated rings. The van der Waals surface area contributed by atoms with Crippen molar-refractivity contribution in [1.82, 2.24) is 4.98 Å². The van der Waals surface area contributed by atoms with Crippen molar-refractivity contribution in [2.75, 3.05) is 5.32 Å². The Morgan fingerprint density at radius 2 is 1.95 bits per heavy atom. The monoisotopic (exact) mass is 410 g/mol. The minimum absolute atomic E-state index is 0.184. The molecule has 0 aliphatic carbocycles. The highest BCUT2D eigenvalue weighted by atomic mass is 79.9.